The van der Waals surface area contributed by atoms with Gasteiger partial charge in [0.1, 0.15) is 16.8 Å². The molecule has 11 rings (SSSR count). The summed E-state index contributed by atoms with van der Waals surface area (Å²) in [6.07, 6.45) is 0. The third-order valence-electron chi connectivity index (χ3n) is 11.5. The average Bonchev–Trinajstić information content (AvgIpc) is 3.73. The summed E-state index contributed by atoms with van der Waals surface area (Å²) in [5.41, 5.74) is 18.7. The molecule has 0 aliphatic rings. The second kappa shape index (κ2) is 15.6. The van der Waals surface area contributed by atoms with Crippen LogP contribution in [0.5, 0.6) is 0 Å². The normalized spacial score (nSPS) is 11.3. The topological polar surface area (TPSA) is 38.9 Å². The lowest BCUT2D eigenvalue weighted by Gasteiger charge is -2.13. The molecule has 0 saturated heterocycles. The van der Waals surface area contributed by atoms with E-state index in [-0.39, 0.29) is 0 Å². The first-order valence-corrected chi connectivity index (χ1v) is 20.6. The minimum atomic E-state index is 0.644. The molecule has 0 amide bonds. The van der Waals surface area contributed by atoms with Gasteiger partial charge in [0.15, 0.2) is 11.4 Å². The van der Waals surface area contributed by atoms with Crippen LogP contribution in [0, 0.1) is 0 Å². The molecule has 2 aromatic heterocycles. The van der Waals surface area contributed by atoms with Crippen molar-refractivity contribution in [3.05, 3.63) is 231 Å². The maximum Gasteiger partial charge on any atom is 0.180 e. The molecule has 0 aliphatic heterocycles. The van der Waals surface area contributed by atoms with Crippen molar-refractivity contribution >= 4 is 22.1 Å². The van der Waals surface area contributed by atoms with Crippen molar-refractivity contribution < 1.29 is 4.42 Å². The number of benzene rings is 9. The molecular weight excluding hydrogens is 741 g/mol. The molecule has 2 heterocycles. The Labute approximate surface area is 354 Å². The summed E-state index contributed by atoms with van der Waals surface area (Å²) in [4.78, 5) is 10.6. The zero-order chi connectivity index (χ0) is 40.5. The molecule has 0 saturated carbocycles. The van der Waals surface area contributed by atoms with Crippen molar-refractivity contribution in [2.75, 3.05) is 0 Å². The van der Waals surface area contributed by atoms with E-state index in [4.69, 9.17) is 14.4 Å². The zero-order valence-corrected chi connectivity index (χ0v) is 33.2. The molecule has 61 heavy (non-hydrogen) atoms. The first kappa shape index (κ1) is 36.0. The maximum absolute atomic E-state index is 6.59. The lowest BCUT2D eigenvalue weighted by Crippen LogP contribution is -1.95. The van der Waals surface area contributed by atoms with Crippen LogP contribution in [0.25, 0.3) is 111 Å². The highest BCUT2D eigenvalue weighted by Crippen LogP contribution is 2.39. The van der Waals surface area contributed by atoms with E-state index in [0.29, 0.717) is 11.4 Å². The molecule has 0 unspecified atom stereocenters. The molecule has 0 N–H and O–H groups in total. The van der Waals surface area contributed by atoms with E-state index in [2.05, 4.69) is 212 Å². The van der Waals surface area contributed by atoms with Crippen LogP contribution in [0.2, 0.25) is 0 Å². The van der Waals surface area contributed by atoms with E-state index in [1.807, 2.05) is 18.2 Å². The van der Waals surface area contributed by atoms with E-state index >= 15 is 0 Å². The molecule has 0 bridgehead atoms. The molecule has 0 atom stereocenters. The third-order valence-corrected chi connectivity index (χ3v) is 11.5. The molecule has 286 valence electrons. The van der Waals surface area contributed by atoms with E-state index in [0.717, 1.165) is 72.3 Å². The number of furan rings is 1. The van der Waals surface area contributed by atoms with Gasteiger partial charge in [-0.1, -0.05) is 176 Å². The molecule has 0 fully saturated rings. The minimum absolute atomic E-state index is 0.644. The van der Waals surface area contributed by atoms with Crippen molar-refractivity contribution in [2.24, 2.45) is 0 Å². The molecule has 0 aliphatic carbocycles. The predicted octanol–water partition coefficient (Wildman–Crippen LogP) is 15.7. The summed E-state index contributed by atoms with van der Waals surface area (Å²) in [6, 6.07) is 81.3. The predicted molar refractivity (Wildman–Crippen MR) is 253 cm³/mol. The lowest BCUT2D eigenvalue weighted by atomic mass is 9.92. The van der Waals surface area contributed by atoms with Crippen LogP contribution in [0.1, 0.15) is 0 Å². The van der Waals surface area contributed by atoms with Gasteiger partial charge in [-0.3, -0.25) is 0 Å². The highest BCUT2D eigenvalue weighted by molar-refractivity contribution is 6.07. The van der Waals surface area contributed by atoms with Gasteiger partial charge < -0.3 is 4.42 Å². The second-order valence-corrected chi connectivity index (χ2v) is 15.4. The molecule has 3 heteroatoms. The fourth-order valence-corrected chi connectivity index (χ4v) is 8.38. The Hall–Kier alpha value is -8.14. The minimum Gasteiger partial charge on any atom is -0.452 e. The van der Waals surface area contributed by atoms with Gasteiger partial charge >= 0.3 is 0 Å². The molecule has 9 aromatic carbocycles. The van der Waals surface area contributed by atoms with Gasteiger partial charge in [0, 0.05) is 16.5 Å². The largest absolute Gasteiger partial charge is 0.452 e. The Balaban J connectivity index is 1.01. The molecule has 0 radical (unpaired) electrons. The van der Waals surface area contributed by atoms with E-state index < -0.39 is 0 Å². The summed E-state index contributed by atoms with van der Waals surface area (Å²) < 4.78 is 6.59. The third kappa shape index (κ3) is 7.09. The number of rotatable bonds is 8. The highest BCUT2D eigenvalue weighted by atomic mass is 16.3. The van der Waals surface area contributed by atoms with Crippen LogP contribution in [-0.2, 0) is 0 Å². The summed E-state index contributed by atoms with van der Waals surface area (Å²) >= 11 is 0. The number of aromatic nitrogens is 2. The SMILES string of the molecule is c1ccc(-c2cccc(-c3cccc(-c4cccc(-c5nc(-c6cccc(-c7cc(-c8ccccc8)cc(-c8ccccc8)c7)c6)c6oc7ccccc7c6n5)c4)c3)c2)cc1. The quantitative estimate of drug-likeness (QED) is 0.154. The Morgan fingerprint density at radius 3 is 1.15 bits per heavy atom. The molecule has 3 nitrogen and oxygen atoms in total. The van der Waals surface area contributed by atoms with Crippen LogP contribution in [0.3, 0.4) is 0 Å². The zero-order valence-electron chi connectivity index (χ0n) is 33.2. The van der Waals surface area contributed by atoms with Crippen LogP contribution in [0.4, 0.5) is 0 Å². The van der Waals surface area contributed by atoms with Gasteiger partial charge in [-0.15, -0.1) is 0 Å². The first-order chi connectivity index (χ1) is 30.2. The van der Waals surface area contributed by atoms with Crippen LogP contribution >= 0.6 is 0 Å². The standard InChI is InChI=1S/C58H38N2O/c1-4-16-39(17-5-1)42-22-12-23-43(32-42)44-24-13-25-45(33-44)46-26-15-29-49(35-46)58-59-55(57-56(60-58)53-30-10-11-31-54(53)61-57)48-28-14-27-47(34-48)52-37-50(40-18-6-2-7-19-40)36-51(38-52)41-20-8-3-9-21-41/h1-38H. The molecule has 0 spiro atoms. The van der Waals surface area contributed by atoms with Gasteiger partial charge in [-0.2, -0.15) is 0 Å². The number of fused-ring (bicyclic) bond motifs is 3. The van der Waals surface area contributed by atoms with E-state index in [1.54, 1.807) is 0 Å². The molecule has 11 aromatic rings. The van der Waals surface area contributed by atoms with Crippen molar-refractivity contribution in [3.63, 3.8) is 0 Å². The van der Waals surface area contributed by atoms with Crippen LogP contribution < -0.4 is 0 Å². The van der Waals surface area contributed by atoms with Gasteiger partial charge in [0.05, 0.1) is 0 Å². The van der Waals surface area contributed by atoms with Crippen molar-refractivity contribution in [1.29, 1.82) is 0 Å². The van der Waals surface area contributed by atoms with Gasteiger partial charge in [0.2, 0.25) is 0 Å². The van der Waals surface area contributed by atoms with Crippen LogP contribution in [-0.4, -0.2) is 9.97 Å². The summed E-state index contributed by atoms with van der Waals surface area (Å²) in [5, 5.41) is 0.961. The summed E-state index contributed by atoms with van der Waals surface area (Å²) in [7, 11) is 0. The Bertz CT molecular complexity index is 3290. The van der Waals surface area contributed by atoms with Gasteiger partial charge in [-0.25, -0.2) is 9.97 Å². The second-order valence-electron chi connectivity index (χ2n) is 15.4. The van der Waals surface area contributed by atoms with Gasteiger partial charge in [-0.05, 0) is 121 Å². The number of para-hydroxylation sites is 1. The maximum atomic E-state index is 6.59. The van der Waals surface area contributed by atoms with E-state index in [1.165, 1.54) is 27.8 Å². The Kier molecular flexibility index (Phi) is 9.18. The smallest absolute Gasteiger partial charge is 0.180 e. The Morgan fingerprint density at radius 2 is 0.607 bits per heavy atom. The Morgan fingerprint density at radius 1 is 0.262 bits per heavy atom. The fourth-order valence-electron chi connectivity index (χ4n) is 8.38. The first-order valence-electron chi connectivity index (χ1n) is 20.6. The molecular formula is C58H38N2O. The number of nitrogens with zero attached hydrogens (tertiary/aromatic N) is 2. The summed E-state index contributed by atoms with van der Waals surface area (Å²) in [6.45, 7) is 0. The van der Waals surface area contributed by atoms with E-state index in [9.17, 15) is 0 Å². The summed E-state index contributed by atoms with van der Waals surface area (Å²) in [5.74, 6) is 0.644. The highest BCUT2D eigenvalue weighted by Gasteiger charge is 2.19. The van der Waals surface area contributed by atoms with Crippen LogP contribution in [0.15, 0.2) is 235 Å². The monoisotopic (exact) mass is 778 g/mol. The number of hydrogen-bond donors (Lipinski definition) is 0. The fraction of sp³-hybridized carbons (Fsp3) is 0. The average molecular weight is 779 g/mol. The number of hydrogen-bond acceptors (Lipinski definition) is 3. The lowest BCUT2D eigenvalue weighted by molar-refractivity contribution is 0.667. The van der Waals surface area contributed by atoms with Crippen molar-refractivity contribution in [3.8, 4) is 89.4 Å². The van der Waals surface area contributed by atoms with Gasteiger partial charge in [0.25, 0.3) is 0 Å². The van der Waals surface area contributed by atoms with Crippen molar-refractivity contribution in [1.82, 2.24) is 9.97 Å². The van der Waals surface area contributed by atoms with Crippen molar-refractivity contribution in [2.45, 2.75) is 0 Å².